The SMILES string of the molecule is [2H]C([2H])([2H])OC1(c2ncccn2)CCCC1. The van der Waals surface area contributed by atoms with Crippen LogP contribution in [0.5, 0.6) is 0 Å². The van der Waals surface area contributed by atoms with Gasteiger partial charge in [0.05, 0.1) is 4.11 Å². The molecule has 1 saturated carbocycles. The van der Waals surface area contributed by atoms with Crippen molar-refractivity contribution in [3.05, 3.63) is 24.3 Å². The van der Waals surface area contributed by atoms with Crippen molar-refractivity contribution >= 4 is 0 Å². The minimum atomic E-state index is -2.40. The van der Waals surface area contributed by atoms with Gasteiger partial charge in [0.1, 0.15) is 5.60 Å². The van der Waals surface area contributed by atoms with E-state index >= 15 is 0 Å². The summed E-state index contributed by atoms with van der Waals surface area (Å²) >= 11 is 0. The van der Waals surface area contributed by atoms with Crippen molar-refractivity contribution in [1.82, 2.24) is 9.97 Å². The van der Waals surface area contributed by atoms with Gasteiger partial charge in [-0.1, -0.05) is 0 Å². The minimum absolute atomic E-state index is 0.489. The van der Waals surface area contributed by atoms with Crippen molar-refractivity contribution in [2.45, 2.75) is 31.3 Å². The third-order valence-electron chi connectivity index (χ3n) is 2.58. The Labute approximate surface area is 82.4 Å². The molecule has 13 heavy (non-hydrogen) atoms. The number of hydrogen-bond acceptors (Lipinski definition) is 3. The van der Waals surface area contributed by atoms with Gasteiger partial charge in [-0.25, -0.2) is 9.97 Å². The van der Waals surface area contributed by atoms with Crippen LogP contribution in [0.15, 0.2) is 18.5 Å². The molecule has 1 aliphatic rings. The van der Waals surface area contributed by atoms with Crippen LogP contribution in [-0.2, 0) is 10.3 Å². The van der Waals surface area contributed by atoms with E-state index < -0.39 is 12.6 Å². The molecule has 70 valence electrons. The second-order valence-electron chi connectivity index (χ2n) is 3.38. The fraction of sp³-hybridized carbons (Fsp3) is 0.600. The van der Waals surface area contributed by atoms with E-state index in [0.29, 0.717) is 18.7 Å². The molecule has 1 aromatic rings. The van der Waals surface area contributed by atoms with Crippen molar-refractivity contribution in [2.75, 3.05) is 7.04 Å². The lowest BCUT2D eigenvalue weighted by atomic mass is 10.0. The Balaban J connectivity index is 2.29. The van der Waals surface area contributed by atoms with Crippen LogP contribution in [0.1, 0.15) is 35.6 Å². The van der Waals surface area contributed by atoms with Crippen LogP contribution >= 0.6 is 0 Å². The third kappa shape index (κ3) is 1.44. The predicted octanol–water partition coefficient (Wildman–Crippen LogP) is 1.89. The average Bonchev–Trinajstić information content (AvgIpc) is 2.66. The van der Waals surface area contributed by atoms with Gasteiger partial charge in [0.25, 0.3) is 0 Å². The molecule has 0 N–H and O–H groups in total. The largest absolute Gasteiger partial charge is 0.370 e. The summed E-state index contributed by atoms with van der Waals surface area (Å²) in [5, 5.41) is 0. The second kappa shape index (κ2) is 3.42. The van der Waals surface area contributed by atoms with Crippen LogP contribution in [0.2, 0.25) is 0 Å². The zero-order chi connectivity index (χ0) is 11.6. The lowest BCUT2D eigenvalue weighted by Crippen LogP contribution is -2.26. The van der Waals surface area contributed by atoms with Gasteiger partial charge in [-0.05, 0) is 31.7 Å². The maximum atomic E-state index is 7.23. The fourth-order valence-corrected chi connectivity index (χ4v) is 1.85. The minimum Gasteiger partial charge on any atom is -0.370 e. The van der Waals surface area contributed by atoms with Crippen molar-refractivity contribution in [2.24, 2.45) is 0 Å². The molecule has 0 spiro atoms. The first-order valence-corrected chi connectivity index (χ1v) is 4.50. The molecule has 1 heterocycles. The highest BCUT2D eigenvalue weighted by molar-refractivity contribution is 5.05. The molecular formula is C10H14N2O. The topological polar surface area (TPSA) is 35.0 Å². The molecule has 0 bridgehead atoms. The van der Waals surface area contributed by atoms with Crippen LogP contribution in [0, 0.1) is 0 Å². The maximum Gasteiger partial charge on any atom is 0.160 e. The summed E-state index contributed by atoms with van der Waals surface area (Å²) in [5.41, 5.74) is -0.813. The van der Waals surface area contributed by atoms with E-state index in [2.05, 4.69) is 9.97 Å². The van der Waals surface area contributed by atoms with Gasteiger partial charge in [-0.2, -0.15) is 0 Å². The van der Waals surface area contributed by atoms with Gasteiger partial charge in [-0.3, -0.25) is 0 Å². The molecule has 3 nitrogen and oxygen atoms in total. The summed E-state index contributed by atoms with van der Waals surface area (Å²) < 4.78 is 26.9. The zero-order valence-electron chi connectivity index (χ0n) is 10.4. The first-order chi connectivity index (χ1) is 7.52. The Bertz CT molecular complexity index is 347. The number of aromatic nitrogens is 2. The van der Waals surface area contributed by atoms with Gasteiger partial charge in [0.15, 0.2) is 5.82 Å². The first kappa shape index (κ1) is 5.70. The van der Waals surface area contributed by atoms with E-state index in [1.165, 1.54) is 0 Å². The zero-order valence-corrected chi connectivity index (χ0v) is 7.36. The van der Waals surface area contributed by atoms with Gasteiger partial charge >= 0.3 is 0 Å². The van der Waals surface area contributed by atoms with E-state index in [0.717, 1.165) is 12.8 Å². The normalized spacial score (nSPS) is 24.8. The molecule has 2 rings (SSSR count). The first-order valence-electron chi connectivity index (χ1n) is 6.00. The molecule has 0 aliphatic heterocycles. The van der Waals surface area contributed by atoms with Gasteiger partial charge in [0.2, 0.25) is 0 Å². The Hall–Kier alpha value is -0.960. The Kier molecular flexibility index (Phi) is 1.50. The molecule has 1 fully saturated rings. The maximum absolute atomic E-state index is 7.23. The van der Waals surface area contributed by atoms with E-state index in [1.54, 1.807) is 18.5 Å². The Morgan fingerprint density at radius 2 is 2.08 bits per heavy atom. The second-order valence-corrected chi connectivity index (χ2v) is 3.38. The molecule has 0 radical (unpaired) electrons. The highest BCUT2D eigenvalue weighted by Crippen LogP contribution is 2.39. The van der Waals surface area contributed by atoms with Crippen LogP contribution in [0.4, 0.5) is 0 Å². The molecule has 1 aliphatic carbocycles. The quantitative estimate of drug-likeness (QED) is 0.699. The summed E-state index contributed by atoms with van der Waals surface area (Å²) in [6.45, 7) is 0. The summed E-state index contributed by atoms with van der Waals surface area (Å²) in [6, 6.07) is 1.71. The lowest BCUT2D eigenvalue weighted by Gasteiger charge is -2.24. The number of hydrogen-bond donors (Lipinski definition) is 0. The summed E-state index contributed by atoms with van der Waals surface area (Å²) in [5.74, 6) is 0.489. The smallest absolute Gasteiger partial charge is 0.160 e. The lowest BCUT2D eigenvalue weighted by molar-refractivity contribution is -0.0163. The van der Waals surface area contributed by atoms with E-state index in [9.17, 15) is 0 Å². The summed E-state index contributed by atoms with van der Waals surface area (Å²) in [4.78, 5) is 8.26. The van der Waals surface area contributed by atoms with E-state index in [-0.39, 0.29) is 0 Å². The standard InChI is InChI=1S/C10H14N2O/c1-13-10(5-2-3-6-10)9-11-7-4-8-12-9/h4,7-8H,2-3,5-6H2,1H3/i1D3. The number of rotatable bonds is 2. The molecule has 0 saturated heterocycles. The number of ether oxygens (including phenoxy) is 1. The fourth-order valence-electron chi connectivity index (χ4n) is 1.85. The van der Waals surface area contributed by atoms with Crippen LogP contribution in [0.3, 0.4) is 0 Å². The highest BCUT2D eigenvalue weighted by atomic mass is 16.5. The molecule has 0 aromatic carbocycles. The van der Waals surface area contributed by atoms with Gasteiger partial charge in [-0.15, -0.1) is 0 Å². The van der Waals surface area contributed by atoms with Gasteiger partial charge < -0.3 is 4.74 Å². The molecule has 1 aromatic heterocycles. The Morgan fingerprint density at radius 3 is 2.69 bits per heavy atom. The van der Waals surface area contributed by atoms with Crippen LogP contribution < -0.4 is 0 Å². The van der Waals surface area contributed by atoms with Crippen LogP contribution in [-0.4, -0.2) is 17.0 Å². The number of nitrogens with zero attached hydrogens (tertiary/aromatic N) is 2. The van der Waals surface area contributed by atoms with Crippen LogP contribution in [0.25, 0.3) is 0 Å². The van der Waals surface area contributed by atoms with Crippen molar-refractivity contribution in [3.63, 3.8) is 0 Å². The third-order valence-corrected chi connectivity index (χ3v) is 2.58. The number of methoxy groups -OCH3 is 1. The van der Waals surface area contributed by atoms with Crippen molar-refractivity contribution < 1.29 is 8.85 Å². The molecule has 0 amide bonds. The van der Waals surface area contributed by atoms with Crippen molar-refractivity contribution in [3.8, 4) is 0 Å². The summed E-state index contributed by atoms with van der Waals surface area (Å²) in [7, 11) is -2.40. The van der Waals surface area contributed by atoms with Gasteiger partial charge in [0, 0.05) is 19.4 Å². The summed E-state index contributed by atoms with van der Waals surface area (Å²) in [6.07, 6.45) is 6.49. The monoisotopic (exact) mass is 181 g/mol. The van der Waals surface area contributed by atoms with E-state index in [4.69, 9.17) is 8.85 Å². The highest BCUT2D eigenvalue weighted by Gasteiger charge is 2.37. The van der Waals surface area contributed by atoms with Crippen molar-refractivity contribution in [1.29, 1.82) is 0 Å². The Morgan fingerprint density at radius 1 is 1.38 bits per heavy atom. The molecule has 0 atom stereocenters. The molecular weight excluding hydrogens is 164 g/mol. The molecule has 0 unspecified atom stereocenters. The van der Waals surface area contributed by atoms with E-state index in [1.807, 2.05) is 0 Å². The predicted molar refractivity (Wildman–Crippen MR) is 49.2 cm³/mol. The average molecular weight is 181 g/mol. The molecule has 3 heteroatoms.